The highest BCUT2D eigenvalue weighted by Crippen LogP contribution is 2.22. The largest absolute Gasteiger partial charge is 0.467 e. The van der Waals surface area contributed by atoms with Crippen LogP contribution in [0, 0.1) is 0 Å². The summed E-state index contributed by atoms with van der Waals surface area (Å²) in [5.74, 6) is -2.16. The number of esters is 1. The van der Waals surface area contributed by atoms with Gasteiger partial charge in [-0.2, -0.15) is 0 Å². The molecule has 2 rings (SSSR count). The molecule has 0 aromatic heterocycles. The zero-order valence-electron chi connectivity index (χ0n) is 11.6. The van der Waals surface area contributed by atoms with Crippen molar-refractivity contribution < 1.29 is 23.9 Å². The Kier molecular flexibility index (Phi) is 4.02. The van der Waals surface area contributed by atoms with E-state index in [0.717, 1.165) is 4.90 Å². The summed E-state index contributed by atoms with van der Waals surface area (Å²) in [6, 6.07) is 5.30. The lowest BCUT2D eigenvalue weighted by Crippen LogP contribution is -2.49. The quantitative estimate of drug-likeness (QED) is 0.620. The van der Waals surface area contributed by atoms with Crippen LogP contribution in [0.5, 0.6) is 0 Å². The number of carbonyl (C=O) groups excluding carboxylic acids is 4. The Hall–Kier alpha value is -2.70. The van der Waals surface area contributed by atoms with Crippen LogP contribution in [-0.4, -0.2) is 48.3 Å². The van der Waals surface area contributed by atoms with Gasteiger partial charge in [0.05, 0.1) is 24.8 Å². The second-order valence-electron chi connectivity index (χ2n) is 4.54. The molecule has 0 spiro atoms. The van der Waals surface area contributed by atoms with Crippen molar-refractivity contribution in [3.05, 3.63) is 35.4 Å². The van der Waals surface area contributed by atoms with Gasteiger partial charge in [0.25, 0.3) is 11.8 Å². The lowest BCUT2D eigenvalue weighted by atomic mass is 10.1. The Morgan fingerprint density at radius 2 is 1.71 bits per heavy atom. The fourth-order valence-corrected chi connectivity index (χ4v) is 2.15. The third-order valence-corrected chi connectivity index (χ3v) is 3.11. The Labute approximate surface area is 120 Å². The van der Waals surface area contributed by atoms with Crippen molar-refractivity contribution in [2.45, 2.75) is 13.0 Å². The molecular formula is C14H14N2O5. The molecule has 1 unspecified atom stereocenters. The molecule has 0 aliphatic carbocycles. The van der Waals surface area contributed by atoms with Gasteiger partial charge in [-0.25, -0.2) is 4.79 Å². The molecule has 1 atom stereocenters. The second-order valence-corrected chi connectivity index (χ2v) is 4.54. The predicted molar refractivity (Wildman–Crippen MR) is 71.4 cm³/mol. The number of benzene rings is 1. The number of nitrogens with zero attached hydrogens (tertiary/aromatic N) is 1. The Bertz CT molecular complexity index is 591. The van der Waals surface area contributed by atoms with E-state index in [1.54, 1.807) is 24.3 Å². The van der Waals surface area contributed by atoms with Gasteiger partial charge < -0.3 is 10.1 Å². The van der Waals surface area contributed by atoms with Gasteiger partial charge in [-0.3, -0.25) is 19.3 Å². The van der Waals surface area contributed by atoms with E-state index in [1.165, 1.54) is 14.0 Å². The molecule has 7 nitrogen and oxygen atoms in total. The number of hydrogen-bond acceptors (Lipinski definition) is 5. The van der Waals surface area contributed by atoms with Crippen molar-refractivity contribution in [1.82, 2.24) is 10.2 Å². The number of nitrogens with one attached hydrogen (secondary N) is 1. The van der Waals surface area contributed by atoms with Crippen molar-refractivity contribution in [2.75, 3.05) is 13.7 Å². The Morgan fingerprint density at radius 3 is 2.14 bits per heavy atom. The molecule has 1 aromatic carbocycles. The molecule has 3 amide bonds. The number of rotatable bonds is 4. The van der Waals surface area contributed by atoms with Crippen LogP contribution in [0.25, 0.3) is 0 Å². The van der Waals surface area contributed by atoms with Crippen molar-refractivity contribution in [3.63, 3.8) is 0 Å². The summed E-state index contributed by atoms with van der Waals surface area (Å²) < 4.78 is 4.57. The van der Waals surface area contributed by atoms with Gasteiger partial charge in [0.15, 0.2) is 0 Å². The van der Waals surface area contributed by atoms with Crippen molar-refractivity contribution in [1.29, 1.82) is 0 Å². The average molecular weight is 290 g/mol. The number of methoxy groups -OCH3 is 1. The maximum atomic E-state index is 12.2. The zero-order chi connectivity index (χ0) is 15.6. The van der Waals surface area contributed by atoms with Crippen molar-refractivity contribution in [3.8, 4) is 0 Å². The Morgan fingerprint density at radius 1 is 1.19 bits per heavy atom. The van der Waals surface area contributed by atoms with Gasteiger partial charge in [-0.05, 0) is 12.1 Å². The van der Waals surface area contributed by atoms with Gasteiger partial charge in [0.1, 0.15) is 6.04 Å². The van der Waals surface area contributed by atoms with Gasteiger partial charge in [0, 0.05) is 6.92 Å². The highest BCUT2D eigenvalue weighted by Gasteiger charge is 2.38. The summed E-state index contributed by atoms with van der Waals surface area (Å²) in [5, 5.41) is 2.37. The topological polar surface area (TPSA) is 92.8 Å². The van der Waals surface area contributed by atoms with Crippen LogP contribution >= 0.6 is 0 Å². The van der Waals surface area contributed by atoms with Crippen LogP contribution < -0.4 is 5.32 Å². The SMILES string of the molecule is COC(=O)C(CN1C(=O)c2ccccc2C1=O)NC(C)=O. The molecule has 1 N–H and O–H groups in total. The average Bonchev–Trinajstić information content (AvgIpc) is 2.71. The first-order chi connectivity index (χ1) is 9.95. The molecule has 7 heteroatoms. The van der Waals surface area contributed by atoms with E-state index in [0.29, 0.717) is 0 Å². The number of carbonyl (C=O) groups is 4. The molecule has 1 aromatic rings. The lowest BCUT2D eigenvalue weighted by Gasteiger charge is -2.21. The molecule has 1 aliphatic rings. The van der Waals surface area contributed by atoms with Crippen molar-refractivity contribution >= 4 is 23.7 Å². The highest BCUT2D eigenvalue weighted by molar-refractivity contribution is 6.21. The minimum absolute atomic E-state index is 0.265. The first kappa shape index (κ1) is 14.7. The maximum absolute atomic E-state index is 12.2. The van der Waals surface area contributed by atoms with Crippen molar-refractivity contribution in [2.24, 2.45) is 0 Å². The van der Waals surface area contributed by atoms with Gasteiger partial charge in [0.2, 0.25) is 5.91 Å². The summed E-state index contributed by atoms with van der Waals surface area (Å²) in [6.07, 6.45) is 0. The van der Waals surface area contributed by atoms with E-state index >= 15 is 0 Å². The molecule has 0 saturated carbocycles. The predicted octanol–water partition coefficient (Wildman–Crippen LogP) is -0.0397. The first-order valence-electron chi connectivity index (χ1n) is 6.26. The fraction of sp³-hybridized carbons (Fsp3) is 0.286. The molecular weight excluding hydrogens is 276 g/mol. The van der Waals surface area contributed by atoms with E-state index in [2.05, 4.69) is 10.1 Å². The van der Waals surface area contributed by atoms with E-state index in [4.69, 9.17) is 0 Å². The minimum Gasteiger partial charge on any atom is -0.467 e. The van der Waals surface area contributed by atoms with Gasteiger partial charge in [-0.1, -0.05) is 12.1 Å². The van der Waals surface area contributed by atoms with Gasteiger partial charge >= 0.3 is 5.97 Å². The maximum Gasteiger partial charge on any atom is 0.330 e. The third-order valence-electron chi connectivity index (χ3n) is 3.11. The van der Waals surface area contributed by atoms with Crippen LogP contribution in [0.3, 0.4) is 0 Å². The molecule has 110 valence electrons. The van der Waals surface area contributed by atoms with E-state index < -0.39 is 29.7 Å². The summed E-state index contributed by atoms with van der Waals surface area (Å²) in [5.41, 5.74) is 0.572. The zero-order valence-corrected chi connectivity index (χ0v) is 11.6. The molecule has 21 heavy (non-hydrogen) atoms. The molecule has 1 aliphatic heterocycles. The smallest absolute Gasteiger partial charge is 0.330 e. The van der Waals surface area contributed by atoms with Gasteiger partial charge in [-0.15, -0.1) is 0 Å². The van der Waals surface area contributed by atoms with E-state index in [1.807, 2.05) is 0 Å². The highest BCUT2D eigenvalue weighted by atomic mass is 16.5. The Balaban J connectivity index is 2.23. The number of imide groups is 1. The number of amides is 3. The second kappa shape index (κ2) is 5.74. The van der Waals surface area contributed by atoms with E-state index in [9.17, 15) is 19.2 Å². The molecule has 0 bridgehead atoms. The molecule has 1 heterocycles. The summed E-state index contributed by atoms with van der Waals surface area (Å²) >= 11 is 0. The van der Waals surface area contributed by atoms with Crippen LogP contribution in [0.4, 0.5) is 0 Å². The summed E-state index contributed by atoms with van der Waals surface area (Å²) in [7, 11) is 1.17. The standard InChI is InChI=1S/C14H14N2O5/c1-8(17)15-11(14(20)21-2)7-16-12(18)9-5-3-4-6-10(9)13(16)19/h3-6,11H,7H2,1-2H3,(H,15,17). The third kappa shape index (κ3) is 2.76. The lowest BCUT2D eigenvalue weighted by molar-refractivity contribution is -0.145. The molecule has 0 fully saturated rings. The number of ether oxygens (including phenoxy) is 1. The van der Waals surface area contributed by atoms with E-state index in [-0.39, 0.29) is 17.7 Å². The normalized spacial score (nSPS) is 14.7. The van der Waals surface area contributed by atoms with Crippen LogP contribution in [0.1, 0.15) is 27.6 Å². The van der Waals surface area contributed by atoms with Crippen LogP contribution in [0.15, 0.2) is 24.3 Å². The fourth-order valence-electron chi connectivity index (χ4n) is 2.15. The van der Waals surface area contributed by atoms with Crippen LogP contribution in [-0.2, 0) is 14.3 Å². The molecule has 0 saturated heterocycles. The van der Waals surface area contributed by atoms with Crippen LogP contribution in [0.2, 0.25) is 0 Å². The number of hydrogen-bond donors (Lipinski definition) is 1. The summed E-state index contributed by atoms with van der Waals surface area (Å²) in [6.45, 7) is 0.969. The minimum atomic E-state index is -1.09. The monoisotopic (exact) mass is 290 g/mol. The number of fused-ring (bicyclic) bond motifs is 1. The first-order valence-corrected chi connectivity index (χ1v) is 6.26. The summed E-state index contributed by atoms with van der Waals surface area (Å²) in [4.78, 5) is 48.0. The molecule has 0 radical (unpaired) electrons.